The molecule has 2 nitrogen and oxygen atoms in total. The summed E-state index contributed by atoms with van der Waals surface area (Å²) in [6.45, 7) is 1.95. The van der Waals surface area contributed by atoms with Gasteiger partial charge in [-0.15, -0.1) is 0 Å². The number of aromatic nitrogens is 2. The number of halogens is 2. The Hall–Kier alpha value is -1.87. The highest BCUT2D eigenvalue weighted by atomic mass is 35.5. The van der Waals surface area contributed by atoms with Gasteiger partial charge in [-0.3, -0.25) is 4.57 Å². The number of nitrogens with zero attached hydrogens (tertiary/aromatic N) is 2. The lowest BCUT2D eigenvalue weighted by Crippen LogP contribution is -1.99. The Morgan fingerprint density at radius 3 is 2.83 bits per heavy atom. The van der Waals surface area contributed by atoms with Gasteiger partial charge in [0.1, 0.15) is 5.82 Å². The highest BCUT2D eigenvalue weighted by Crippen LogP contribution is 2.27. The van der Waals surface area contributed by atoms with E-state index in [0.717, 1.165) is 16.6 Å². The van der Waals surface area contributed by atoms with Crippen molar-refractivity contribution in [3.8, 4) is 5.82 Å². The molecule has 0 amide bonds. The van der Waals surface area contributed by atoms with Crippen LogP contribution < -0.4 is 0 Å². The van der Waals surface area contributed by atoms with Crippen LogP contribution in [-0.2, 0) is 0 Å². The lowest BCUT2D eigenvalue weighted by atomic mass is 10.2. The van der Waals surface area contributed by atoms with Crippen molar-refractivity contribution in [1.29, 1.82) is 0 Å². The fourth-order valence-electron chi connectivity index (χ4n) is 2.15. The van der Waals surface area contributed by atoms with Gasteiger partial charge in [0.05, 0.1) is 10.5 Å². The summed E-state index contributed by atoms with van der Waals surface area (Å²) in [6.07, 6.45) is 1.69. The van der Waals surface area contributed by atoms with E-state index in [-0.39, 0.29) is 5.82 Å². The third kappa shape index (κ3) is 1.68. The Labute approximate surface area is 109 Å². The fourth-order valence-corrected chi connectivity index (χ4v) is 2.35. The van der Waals surface area contributed by atoms with Crippen molar-refractivity contribution in [1.82, 2.24) is 9.55 Å². The van der Waals surface area contributed by atoms with Crippen molar-refractivity contribution in [2.75, 3.05) is 0 Å². The van der Waals surface area contributed by atoms with Gasteiger partial charge in [0.25, 0.3) is 0 Å². The molecule has 0 fully saturated rings. The average Bonchev–Trinajstić information content (AvgIpc) is 2.65. The molecule has 0 aliphatic carbocycles. The second kappa shape index (κ2) is 4.10. The number of pyridine rings is 1. The minimum atomic E-state index is -0.244. The van der Waals surface area contributed by atoms with E-state index in [0.29, 0.717) is 10.8 Å². The molecule has 4 heteroatoms. The monoisotopic (exact) mass is 260 g/mol. The van der Waals surface area contributed by atoms with Crippen molar-refractivity contribution in [2.24, 2.45) is 0 Å². The maximum absolute atomic E-state index is 13.2. The van der Waals surface area contributed by atoms with Crippen LogP contribution in [0.5, 0.6) is 0 Å². The number of rotatable bonds is 1. The number of hydrogen-bond donors (Lipinski definition) is 0. The van der Waals surface area contributed by atoms with Crippen LogP contribution >= 0.6 is 11.6 Å². The van der Waals surface area contributed by atoms with Crippen molar-refractivity contribution >= 4 is 22.5 Å². The van der Waals surface area contributed by atoms with Gasteiger partial charge in [0.2, 0.25) is 0 Å². The molecule has 0 aliphatic rings. The summed E-state index contributed by atoms with van der Waals surface area (Å²) >= 11 is 6.16. The highest BCUT2D eigenvalue weighted by Gasteiger charge is 2.11. The van der Waals surface area contributed by atoms with E-state index in [1.807, 2.05) is 17.6 Å². The van der Waals surface area contributed by atoms with Crippen molar-refractivity contribution < 1.29 is 4.39 Å². The van der Waals surface area contributed by atoms with Crippen LogP contribution in [0.15, 0.2) is 42.6 Å². The van der Waals surface area contributed by atoms with Gasteiger partial charge in [0.15, 0.2) is 5.82 Å². The fraction of sp³-hybridized carbons (Fsp3) is 0.0714. The smallest absolute Gasteiger partial charge is 0.156 e. The van der Waals surface area contributed by atoms with Gasteiger partial charge >= 0.3 is 0 Å². The molecule has 0 spiro atoms. The Balaban J connectivity index is 2.36. The summed E-state index contributed by atoms with van der Waals surface area (Å²) in [4.78, 5) is 4.29. The summed E-state index contributed by atoms with van der Waals surface area (Å²) < 4.78 is 15.1. The standard InChI is InChI=1S/C14H10ClFN2/c1-9-7-10-8-11(16)4-5-13(10)18(9)14-12(15)3-2-6-17-14/h2-8H,1H3. The van der Waals surface area contributed by atoms with Crippen LogP contribution in [0.4, 0.5) is 4.39 Å². The summed E-state index contributed by atoms with van der Waals surface area (Å²) in [6, 6.07) is 10.2. The molecule has 0 N–H and O–H groups in total. The van der Waals surface area contributed by atoms with E-state index < -0.39 is 0 Å². The van der Waals surface area contributed by atoms with Crippen LogP contribution in [0, 0.1) is 12.7 Å². The topological polar surface area (TPSA) is 17.8 Å². The molecule has 0 atom stereocenters. The molecule has 0 radical (unpaired) electrons. The largest absolute Gasteiger partial charge is 0.297 e. The molecule has 3 rings (SSSR count). The lowest BCUT2D eigenvalue weighted by molar-refractivity contribution is 0.629. The SMILES string of the molecule is Cc1cc2cc(F)ccc2n1-c1ncccc1Cl. The summed E-state index contributed by atoms with van der Waals surface area (Å²) in [7, 11) is 0. The van der Waals surface area contributed by atoms with Gasteiger partial charge in [-0.05, 0) is 43.3 Å². The molecule has 2 heterocycles. The molecule has 0 aliphatic heterocycles. The zero-order chi connectivity index (χ0) is 12.7. The van der Waals surface area contributed by atoms with E-state index >= 15 is 0 Å². The maximum Gasteiger partial charge on any atom is 0.156 e. The molecule has 90 valence electrons. The molecule has 1 aromatic carbocycles. The first-order valence-electron chi connectivity index (χ1n) is 5.55. The normalized spacial score (nSPS) is 11.1. The second-order valence-corrected chi connectivity index (χ2v) is 4.54. The Morgan fingerprint density at radius 2 is 2.06 bits per heavy atom. The van der Waals surface area contributed by atoms with E-state index in [4.69, 9.17) is 11.6 Å². The molecule has 18 heavy (non-hydrogen) atoms. The van der Waals surface area contributed by atoms with Gasteiger partial charge < -0.3 is 0 Å². The zero-order valence-corrected chi connectivity index (χ0v) is 10.4. The van der Waals surface area contributed by atoms with E-state index in [2.05, 4.69) is 4.98 Å². The number of hydrogen-bond acceptors (Lipinski definition) is 1. The third-order valence-corrected chi connectivity index (χ3v) is 3.19. The summed E-state index contributed by atoms with van der Waals surface area (Å²) in [5.41, 5.74) is 1.87. The number of aryl methyl sites for hydroxylation is 1. The molecule has 0 unspecified atom stereocenters. The maximum atomic E-state index is 13.2. The molecule has 3 aromatic rings. The Morgan fingerprint density at radius 1 is 1.22 bits per heavy atom. The van der Waals surface area contributed by atoms with Crippen molar-refractivity contribution in [2.45, 2.75) is 6.92 Å². The molecule has 2 aromatic heterocycles. The van der Waals surface area contributed by atoms with Crippen LogP contribution in [0.25, 0.3) is 16.7 Å². The van der Waals surface area contributed by atoms with Crippen LogP contribution in [0.1, 0.15) is 5.69 Å². The van der Waals surface area contributed by atoms with Gasteiger partial charge in [0, 0.05) is 17.3 Å². The first-order chi connectivity index (χ1) is 8.66. The molecule has 0 saturated carbocycles. The quantitative estimate of drug-likeness (QED) is 0.643. The van der Waals surface area contributed by atoms with E-state index in [1.165, 1.54) is 12.1 Å². The van der Waals surface area contributed by atoms with Gasteiger partial charge in [-0.1, -0.05) is 11.6 Å². The zero-order valence-electron chi connectivity index (χ0n) is 9.69. The van der Waals surface area contributed by atoms with Crippen LogP contribution in [0.3, 0.4) is 0 Å². The summed E-state index contributed by atoms with van der Waals surface area (Å²) in [5, 5.41) is 1.41. The third-order valence-electron chi connectivity index (χ3n) is 2.90. The van der Waals surface area contributed by atoms with Crippen LogP contribution in [-0.4, -0.2) is 9.55 Å². The molecular formula is C14H10ClFN2. The highest BCUT2D eigenvalue weighted by molar-refractivity contribution is 6.32. The van der Waals surface area contributed by atoms with Crippen molar-refractivity contribution in [3.63, 3.8) is 0 Å². The van der Waals surface area contributed by atoms with Crippen molar-refractivity contribution in [3.05, 3.63) is 59.1 Å². The molecule has 0 bridgehead atoms. The van der Waals surface area contributed by atoms with Gasteiger partial charge in [-0.25, -0.2) is 9.37 Å². The number of fused-ring (bicyclic) bond motifs is 1. The molecular weight excluding hydrogens is 251 g/mol. The average molecular weight is 261 g/mol. The summed E-state index contributed by atoms with van der Waals surface area (Å²) in [5.74, 6) is 0.421. The predicted molar refractivity (Wildman–Crippen MR) is 70.8 cm³/mol. The van der Waals surface area contributed by atoms with Crippen LogP contribution in [0.2, 0.25) is 5.02 Å². The second-order valence-electron chi connectivity index (χ2n) is 4.13. The van der Waals surface area contributed by atoms with E-state index in [1.54, 1.807) is 24.4 Å². The molecule has 0 saturated heterocycles. The predicted octanol–water partition coefficient (Wildman–Crippen LogP) is 4.13. The lowest BCUT2D eigenvalue weighted by Gasteiger charge is -2.08. The first-order valence-corrected chi connectivity index (χ1v) is 5.93. The minimum Gasteiger partial charge on any atom is -0.297 e. The first kappa shape index (κ1) is 11.2. The minimum absolute atomic E-state index is 0.244. The Kier molecular flexibility index (Phi) is 2.56. The van der Waals surface area contributed by atoms with E-state index in [9.17, 15) is 4.39 Å². The Bertz CT molecular complexity index is 734. The van der Waals surface area contributed by atoms with Gasteiger partial charge in [-0.2, -0.15) is 0 Å². The number of benzene rings is 1.